The summed E-state index contributed by atoms with van der Waals surface area (Å²) in [5.41, 5.74) is 0. The number of amides is 1. The number of anilines is 1. The van der Waals surface area contributed by atoms with Crippen LogP contribution in [-0.2, 0) is 9.53 Å². The molecule has 1 N–H and O–H groups in total. The first kappa shape index (κ1) is 11.3. The normalized spacial score (nSPS) is 18.2. The van der Waals surface area contributed by atoms with Crippen LogP contribution in [0.1, 0.15) is 6.92 Å². The van der Waals surface area contributed by atoms with E-state index in [1.54, 1.807) is 6.20 Å². The summed E-state index contributed by atoms with van der Waals surface area (Å²) in [6.45, 7) is 4.50. The van der Waals surface area contributed by atoms with Crippen LogP contribution in [0.2, 0.25) is 0 Å². The van der Waals surface area contributed by atoms with Gasteiger partial charge in [0, 0.05) is 24.7 Å². The lowest BCUT2D eigenvalue weighted by molar-refractivity contribution is -0.135. The van der Waals surface area contributed by atoms with Crippen molar-refractivity contribution in [2.75, 3.05) is 31.6 Å². The molecule has 16 heavy (non-hydrogen) atoms. The van der Waals surface area contributed by atoms with Crippen LogP contribution in [0, 0.1) is 0 Å². The van der Waals surface area contributed by atoms with Gasteiger partial charge in [-0.15, -0.1) is 11.3 Å². The van der Waals surface area contributed by atoms with E-state index in [0.717, 1.165) is 5.13 Å². The fourth-order valence-electron chi connectivity index (χ4n) is 1.60. The molecule has 0 saturated carbocycles. The summed E-state index contributed by atoms with van der Waals surface area (Å²) in [6.07, 6.45) is 1.72. The number of rotatable bonds is 3. The van der Waals surface area contributed by atoms with Gasteiger partial charge in [-0.05, 0) is 6.92 Å². The fraction of sp³-hybridized carbons (Fsp3) is 0.600. The lowest BCUT2D eigenvalue weighted by atomic mass is 10.2. The van der Waals surface area contributed by atoms with Gasteiger partial charge in [0.15, 0.2) is 5.13 Å². The van der Waals surface area contributed by atoms with Crippen LogP contribution in [0.5, 0.6) is 0 Å². The highest BCUT2D eigenvalue weighted by Gasteiger charge is 2.22. The molecule has 1 atom stereocenters. The maximum atomic E-state index is 12.0. The van der Waals surface area contributed by atoms with Gasteiger partial charge in [-0.2, -0.15) is 0 Å². The number of aromatic nitrogens is 1. The standard InChI is InChI=1S/C10H15N3O2S/c1-8(12-10-11-2-7-16-10)9(14)13-3-5-15-6-4-13/h2,7-8H,3-6H2,1H3,(H,11,12). The Balaban J connectivity index is 1.88. The van der Waals surface area contributed by atoms with Crippen LogP contribution in [0.3, 0.4) is 0 Å². The minimum atomic E-state index is -0.232. The molecule has 2 rings (SSSR count). The molecule has 1 aromatic rings. The molecule has 0 aromatic carbocycles. The monoisotopic (exact) mass is 241 g/mol. The number of thiazole rings is 1. The first-order chi connectivity index (χ1) is 7.77. The highest BCUT2D eigenvalue weighted by Crippen LogP contribution is 2.12. The van der Waals surface area contributed by atoms with E-state index < -0.39 is 0 Å². The average Bonchev–Trinajstić information content (AvgIpc) is 2.82. The second-order valence-electron chi connectivity index (χ2n) is 3.64. The Morgan fingerprint density at radius 2 is 2.38 bits per heavy atom. The smallest absolute Gasteiger partial charge is 0.244 e. The van der Waals surface area contributed by atoms with Crippen LogP contribution < -0.4 is 5.32 Å². The molecule has 1 saturated heterocycles. The summed E-state index contributed by atoms with van der Waals surface area (Å²) in [5.74, 6) is 0.110. The highest BCUT2D eigenvalue weighted by atomic mass is 32.1. The van der Waals surface area contributed by atoms with Gasteiger partial charge in [0.1, 0.15) is 6.04 Å². The van der Waals surface area contributed by atoms with Crippen molar-refractivity contribution in [2.45, 2.75) is 13.0 Å². The lowest BCUT2D eigenvalue weighted by Crippen LogP contribution is -2.46. The predicted molar refractivity (Wildman–Crippen MR) is 62.6 cm³/mol. The summed E-state index contributed by atoms with van der Waals surface area (Å²) >= 11 is 1.50. The van der Waals surface area contributed by atoms with Gasteiger partial charge in [-0.1, -0.05) is 0 Å². The molecule has 1 aromatic heterocycles. The van der Waals surface area contributed by atoms with Crippen LogP contribution in [0.25, 0.3) is 0 Å². The number of ether oxygens (including phenoxy) is 1. The molecular formula is C10H15N3O2S. The average molecular weight is 241 g/mol. The van der Waals surface area contributed by atoms with Crippen LogP contribution in [0.15, 0.2) is 11.6 Å². The molecule has 2 heterocycles. The molecule has 0 spiro atoms. The molecule has 1 aliphatic heterocycles. The lowest BCUT2D eigenvalue weighted by Gasteiger charge is -2.29. The minimum absolute atomic E-state index is 0.110. The van der Waals surface area contributed by atoms with Gasteiger partial charge < -0.3 is 15.0 Å². The summed E-state index contributed by atoms with van der Waals surface area (Å²) < 4.78 is 5.21. The maximum absolute atomic E-state index is 12.0. The Labute approximate surface area is 98.4 Å². The van der Waals surface area contributed by atoms with Crippen molar-refractivity contribution in [1.29, 1.82) is 0 Å². The first-order valence-corrected chi connectivity index (χ1v) is 6.18. The van der Waals surface area contributed by atoms with Crippen molar-refractivity contribution < 1.29 is 9.53 Å². The number of nitrogens with zero attached hydrogens (tertiary/aromatic N) is 2. The van der Waals surface area contributed by atoms with Crippen molar-refractivity contribution in [3.8, 4) is 0 Å². The molecule has 1 unspecified atom stereocenters. The van der Waals surface area contributed by atoms with Crippen molar-refractivity contribution in [3.05, 3.63) is 11.6 Å². The van der Waals surface area contributed by atoms with Crippen LogP contribution in [-0.4, -0.2) is 48.1 Å². The number of hydrogen-bond acceptors (Lipinski definition) is 5. The molecule has 0 bridgehead atoms. The molecular weight excluding hydrogens is 226 g/mol. The van der Waals surface area contributed by atoms with Crippen LogP contribution in [0.4, 0.5) is 5.13 Å². The van der Waals surface area contributed by atoms with Gasteiger partial charge in [0.05, 0.1) is 13.2 Å². The number of morpholine rings is 1. The SMILES string of the molecule is CC(Nc1nccs1)C(=O)N1CCOCC1. The Kier molecular flexibility index (Phi) is 3.74. The summed E-state index contributed by atoms with van der Waals surface area (Å²) in [6, 6.07) is -0.232. The number of carbonyl (C=O) groups excluding carboxylic acids is 1. The van der Waals surface area contributed by atoms with Crippen LogP contribution >= 0.6 is 11.3 Å². The van der Waals surface area contributed by atoms with E-state index in [-0.39, 0.29) is 11.9 Å². The topological polar surface area (TPSA) is 54.5 Å². The van der Waals surface area contributed by atoms with Gasteiger partial charge in [0.25, 0.3) is 0 Å². The zero-order valence-corrected chi connectivity index (χ0v) is 10.00. The van der Waals surface area contributed by atoms with Crippen molar-refractivity contribution in [3.63, 3.8) is 0 Å². The Bertz CT molecular complexity index is 336. The third-order valence-corrected chi connectivity index (χ3v) is 3.17. The second kappa shape index (κ2) is 5.27. The fourth-order valence-corrected chi connectivity index (χ4v) is 2.22. The maximum Gasteiger partial charge on any atom is 0.244 e. The molecule has 6 heteroatoms. The zero-order chi connectivity index (χ0) is 11.4. The minimum Gasteiger partial charge on any atom is -0.378 e. The van der Waals surface area contributed by atoms with E-state index in [2.05, 4.69) is 10.3 Å². The highest BCUT2D eigenvalue weighted by molar-refractivity contribution is 7.13. The predicted octanol–water partition coefficient (Wildman–Crippen LogP) is 0.802. The zero-order valence-electron chi connectivity index (χ0n) is 9.18. The molecule has 1 amide bonds. The van der Waals surface area contributed by atoms with Gasteiger partial charge in [-0.25, -0.2) is 4.98 Å². The van der Waals surface area contributed by atoms with E-state index in [1.807, 2.05) is 17.2 Å². The molecule has 5 nitrogen and oxygen atoms in total. The van der Waals surface area contributed by atoms with Crippen molar-refractivity contribution >= 4 is 22.4 Å². The van der Waals surface area contributed by atoms with E-state index >= 15 is 0 Å². The van der Waals surface area contributed by atoms with E-state index in [0.29, 0.717) is 26.3 Å². The largest absolute Gasteiger partial charge is 0.378 e. The van der Waals surface area contributed by atoms with Gasteiger partial charge in [0.2, 0.25) is 5.91 Å². The quantitative estimate of drug-likeness (QED) is 0.850. The molecule has 88 valence electrons. The van der Waals surface area contributed by atoms with E-state index in [4.69, 9.17) is 4.74 Å². The molecule has 1 aliphatic rings. The Morgan fingerprint density at radius 1 is 1.62 bits per heavy atom. The Morgan fingerprint density at radius 3 is 3.00 bits per heavy atom. The van der Waals surface area contributed by atoms with Crippen molar-refractivity contribution in [2.24, 2.45) is 0 Å². The third kappa shape index (κ3) is 2.70. The summed E-state index contributed by atoms with van der Waals surface area (Å²) in [7, 11) is 0. The number of hydrogen-bond donors (Lipinski definition) is 1. The number of carbonyl (C=O) groups is 1. The first-order valence-electron chi connectivity index (χ1n) is 5.30. The van der Waals surface area contributed by atoms with Gasteiger partial charge in [-0.3, -0.25) is 4.79 Å². The van der Waals surface area contributed by atoms with Crippen molar-refractivity contribution in [1.82, 2.24) is 9.88 Å². The molecule has 0 aliphatic carbocycles. The third-order valence-electron chi connectivity index (χ3n) is 2.47. The van der Waals surface area contributed by atoms with Gasteiger partial charge >= 0.3 is 0 Å². The Hall–Kier alpha value is -1.14. The molecule has 1 fully saturated rings. The van der Waals surface area contributed by atoms with E-state index in [9.17, 15) is 4.79 Å². The second-order valence-corrected chi connectivity index (χ2v) is 4.54. The number of nitrogens with one attached hydrogen (secondary N) is 1. The summed E-state index contributed by atoms with van der Waals surface area (Å²) in [4.78, 5) is 17.9. The van der Waals surface area contributed by atoms with E-state index in [1.165, 1.54) is 11.3 Å². The molecule has 0 radical (unpaired) electrons. The summed E-state index contributed by atoms with van der Waals surface area (Å²) in [5, 5.41) is 5.76.